The van der Waals surface area contributed by atoms with Crippen molar-refractivity contribution in [1.29, 1.82) is 0 Å². The number of methoxy groups -OCH3 is 2. The second kappa shape index (κ2) is 6.95. The minimum absolute atomic E-state index is 0.288. The van der Waals surface area contributed by atoms with Crippen LogP contribution < -0.4 is 15.2 Å². The van der Waals surface area contributed by atoms with Crippen molar-refractivity contribution in [3.05, 3.63) is 48.0 Å². The second-order valence-corrected chi connectivity index (χ2v) is 4.92. The number of rotatable bonds is 6. The van der Waals surface area contributed by atoms with Crippen LogP contribution in [-0.2, 0) is 11.2 Å². The highest BCUT2D eigenvalue weighted by Crippen LogP contribution is 2.32. The van der Waals surface area contributed by atoms with Gasteiger partial charge in [-0.1, -0.05) is 30.3 Å². The van der Waals surface area contributed by atoms with E-state index in [0.29, 0.717) is 11.5 Å². The maximum atomic E-state index is 10.9. The van der Waals surface area contributed by atoms with E-state index in [0.717, 1.165) is 16.7 Å². The first-order chi connectivity index (χ1) is 10.5. The van der Waals surface area contributed by atoms with Gasteiger partial charge in [0.15, 0.2) is 11.5 Å². The Morgan fingerprint density at radius 2 is 1.77 bits per heavy atom. The molecule has 0 saturated heterocycles. The van der Waals surface area contributed by atoms with Crippen LogP contribution in [0, 0.1) is 0 Å². The standard InChI is InChI=1S/C17H19NO4/c1-21-15-7-6-13(10-16(15)22-2)12-5-3-4-11(8-12)9-14(18)17(19)20/h3-8,10,14H,9,18H2,1-2H3,(H,19,20). The predicted octanol–water partition coefficient (Wildman–Crippen LogP) is 2.33. The van der Waals surface area contributed by atoms with Crippen molar-refractivity contribution in [1.82, 2.24) is 0 Å². The highest BCUT2D eigenvalue weighted by molar-refractivity contribution is 5.74. The summed E-state index contributed by atoms with van der Waals surface area (Å²) in [6, 6.07) is 12.4. The van der Waals surface area contributed by atoms with Crippen LogP contribution in [0.4, 0.5) is 0 Å². The molecule has 0 aliphatic carbocycles. The fourth-order valence-electron chi connectivity index (χ4n) is 2.23. The molecule has 116 valence electrons. The topological polar surface area (TPSA) is 81.8 Å². The molecule has 0 aromatic heterocycles. The van der Waals surface area contributed by atoms with Crippen LogP contribution in [0.3, 0.4) is 0 Å². The average Bonchev–Trinajstić information content (AvgIpc) is 2.54. The molecule has 2 aromatic carbocycles. The third-order valence-electron chi connectivity index (χ3n) is 3.42. The van der Waals surface area contributed by atoms with Crippen molar-refractivity contribution in [2.75, 3.05) is 14.2 Å². The Labute approximate surface area is 129 Å². The molecule has 0 saturated carbocycles. The second-order valence-electron chi connectivity index (χ2n) is 4.92. The van der Waals surface area contributed by atoms with Crippen LogP contribution in [-0.4, -0.2) is 31.3 Å². The van der Waals surface area contributed by atoms with Gasteiger partial charge in [0, 0.05) is 0 Å². The van der Waals surface area contributed by atoms with E-state index in [9.17, 15) is 4.79 Å². The molecule has 0 aliphatic heterocycles. The van der Waals surface area contributed by atoms with Gasteiger partial charge in [0.05, 0.1) is 14.2 Å². The Morgan fingerprint density at radius 3 is 2.41 bits per heavy atom. The van der Waals surface area contributed by atoms with E-state index in [-0.39, 0.29) is 6.42 Å². The van der Waals surface area contributed by atoms with Crippen LogP contribution in [0.5, 0.6) is 11.5 Å². The zero-order chi connectivity index (χ0) is 16.1. The molecule has 0 radical (unpaired) electrons. The highest BCUT2D eigenvalue weighted by atomic mass is 16.5. The van der Waals surface area contributed by atoms with Gasteiger partial charge >= 0.3 is 5.97 Å². The van der Waals surface area contributed by atoms with Crippen molar-refractivity contribution in [3.63, 3.8) is 0 Å². The molecular weight excluding hydrogens is 282 g/mol. The maximum Gasteiger partial charge on any atom is 0.320 e. The van der Waals surface area contributed by atoms with Crippen LogP contribution in [0.2, 0.25) is 0 Å². The molecule has 3 N–H and O–H groups in total. The van der Waals surface area contributed by atoms with Crippen molar-refractivity contribution in [2.24, 2.45) is 5.73 Å². The molecule has 0 fully saturated rings. The maximum absolute atomic E-state index is 10.9. The fourth-order valence-corrected chi connectivity index (χ4v) is 2.23. The number of carbonyl (C=O) groups is 1. The van der Waals surface area contributed by atoms with Gasteiger partial charge in [-0.05, 0) is 35.2 Å². The lowest BCUT2D eigenvalue weighted by molar-refractivity contribution is -0.138. The van der Waals surface area contributed by atoms with E-state index in [2.05, 4.69) is 0 Å². The molecule has 22 heavy (non-hydrogen) atoms. The molecule has 0 spiro atoms. The van der Waals surface area contributed by atoms with Crippen LogP contribution in [0.15, 0.2) is 42.5 Å². The van der Waals surface area contributed by atoms with Gasteiger partial charge in [0.1, 0.15) is 6.04 Å². The highest BCUT2D eigenvalue weighted by Gasteiger charge is 2.13. The lowest BCUT2D eigenvalue weighted by atomic mass is 9.99. The monoisotopic (exact) mass is 301 g/mol. The summed E-state index contributed by atoms with van der Waals surface area (Å²) in [5, 5.41) is 8.90. The first-order valence-corrected chi connectivity index (χ1v) is 6.85. The zero-order valence-corrected chi connectivity index (χ0v) is 12.6. The van der Waals surface area contributed by atoms with Gasteiger partial charge < -0.3 is 20.3 Å². The van der Waals surface area contributed by atoms with Crippen molar-refractivity contribution in [2.45, 2.75) is 12.5 Å². The minimum atomic E-state index is -1.00. The molecule has 1 unspecified atom stereocenters. The quantitative estimate of drug-likeness (QED) is 0.855. The van der Waals surface area contributed by atoms with E-state index >= 15 is 0 Å². The third-order valence-corrected chi connectivity index (χ3v) is 3.42. The van der Waals surface area contributed by atoms with Gasteiger partial charge in [-0.2, -0.15) is 0 Å². The molecule has 0 aliphatic rings. The van der Waals surface area contributed by atoms with Gasteiger partial charge in [0.25, 0.3) is 0 Å². The Hall–Kier alpha value is -2.53. The van der Waals surface area contributed by atoms with Crippen molar-refractivity contribution >= 4 is 5.97 Å². The molecule has 2 rings (SSSR count). The lowest BCUT2D eigenvalue weighted by Crippen LogP contribution is -2.32. The number of carboxylic acids is 1. The number of hydrogen-bond donors (Lipinski definition) is 2. The average molecular weight is 301 g/mol. The molecule has 0 amide bonds. The predicted molar refractivity (Wildman–Crippen MR) is 84.3 cm³/mol. The Bertz CT molecular complexity index is 669. The molecular formula is C17H19NO4. The Balaban J connectivity index is 2.31. The van der Waals surface area contributed by atoms with Gasteiger partial charge in [-0.15, -0.1) is 0 Å². The first-order valence-electron chi connectivity index (χ1n) is 6.85. The lowest BCUT2D eigenvalue weighted by Gasteiger charge is -2.11. The summed E-state index contributed by atoms with van der Waals surface area (Å²) in [5.41, 5.74) is 8.39. The van der Waals surface area contributed by atoms with E-state index in [1.165, 1.54) is 0 Å². The SMILES string of the molecule is COc1ccc(-c2cccc(CC(N)C(=O)O)c2)cc1OC. The van der Waals surface area contributed by atoms with E-state index < -0.39 is 12.0 Å². The summed E-state index contributed by atoms with van der Waals surface area (Å²) < 4.78 is 10.5. The summed E-state index contributed by atoms with van der Waals surface area (Å²) in [6.45, 7) is 0. The number of aliphatic carboxylic acids is 1. The van der Waals surface area contributed by atoms with E-state index in [1.54, 1.807) is 14.2 Å². The number of carboxylic acid groups (broad SMARTS) is 1. The summed E-state index contributed by atoms with van der Waals surface area (Å²) in [6.07, 6.45) is 0.288. The number of benzene rings is 2. The largest absolute Gasteiger partial charge is 0.493 e. The summed E-state index contributed by atoms with van der Waals surface area (Å²) in [7, 11) is 3.18. The molecule has 1 atom stereocenters. The van der Waals surface area contributed by atoms with Gasteiger partial charge in [0.2, 0.25) is 0 Å². The van der Waals surface area contributed by atoms with Crippen molar-refractivity contribution < 1.29 is 19.4 Å². The smallest absolute Gasteiger partial charge is 0.320 e. The zero-order valence-electron chi connectivity index (χ0n) is 12.6. The Morgan fingerprint density at radius 1 is 1.09 bits per heavy atom. The minimum Gasteiger partial charge on any atom is -0.493 e. The molecule has 0 heterocycles. The summed E-state index contributed by atoms with van der Waals surface area (Å²) >= 11 is 0. The molecule has 0 bridgehead atoms. The number of hydrogen-bond acceptors (Lipinski definition) is 4. The number of ether oxygens (including phenoxy) is 2. The van der Waals surface area contributed by atoms with Crippen LogP contribution in [0.1, 0.15) is 5.56 Å². The van der Waals surface area contributed by atoms with Gasteiger partial charge in [-0.25, -0.2) is 0 Å². The number of nitrogens with two attached hydrogens (primary N) is 1. The summed E-state index contributed by atoms with van der Waals surface area (Å²) in [4.78, 5) is 10.9. The summed E-state index contributed by atoms with van der Waals surface area (Å²) in [5.74, 6) is 0.305. The van der Waals surface area contributed by atoms with E-state index in [4.69, 9.17) is 20.3 Å². The molecule has 5 heteroatoms. The van der Waals surface area contributed by atoms with Crippen LogP contribution in [0.25, 0.3) is 11.1 Å². The fraction of sp³-hybridized carbons (Fsp3) is 0.235. The molecule has 2 aromatic rings. The normalized spacial score (nSPS) is 11.8. The Kier molecular flexibility index (Phi) is 5.01. The first kappa shape index (κ1) is 15.9. The van der Waals surface area contributed by atoms with Crippen LogP contribution >= 0.6 is 0 Å². The van der Waals surface area contributed by atoms with E-state index in [1.807, 2.05) is 42.5 Å². The third kappa shape index (κ3) is 3.56. The molecule has 5 nitrogen and oxygen atoms in total. The van der Waals surface area contributed by atoms with Gasteiger partial charge in [-0.3, -0.25) is 4.79 Å². The van der Waals surface area contributed by atoms with Crippen molar-refractivity contribution in [3.8, 4) is 22.6 Å².